The van der Waals surface area contributed by atoms with E-state index in [1.165, 1.54) is 25.1 Å². The molecule has 0 bridgehead atoms. The fraction of sp³-hybridized carbons (Fsp3) is 0.462. The first-order valence-electron chi connectivity index (χ1n) is 5.98. The molecule has 0 aliphatic heterocycles. The van der Waals surface area contributed by atoms with Crippen LogP contribution in [0.5, 0.6) is 0 Å². The van der Waals surface area contributed by atoms with Gasteiger partial charge in [-0.25, -0.2) is 4.98 Å². The SMILES string of the molecule is Brc1ccc2nc(C3C4CCCC43)[nH]c2c1. The number of halogens is 1. The zero-order valence-corrected chi connectivity index (χ0v) is 10.5. The molecule has 3 heteroatoms. The molecule has 2 nitrogen and oxygen atoms in total. The summed E-state index contributed by atoms with van der Waals surface area (Å²) in [6.07, 6.45) is 4.25. The normalized spacial score (nSPS) is 31.9. The van der Waals surface area contributed by atoms with Crippen LogP contribution in [0.25, 0.3) is 11.0 Å². The maximum atomic E-state index is 4.72. The van der Waals surface area contributed by atoms with Crippen molar-refractivity contribution >= 4 is 27.0 Å². The highest BCUT2D eigenvalue weighted by atomic mass is 79.9. The van der Waals surface area contributed by atoms with Crippen molar-refractivity contribution in [3.05, 3.63) is 28.5 Å². The largest absolute Gasteiger partial charge is 0.342 e. The van der Waals surface area contributed by atoms with Crippen LogP contribution >= 0.6 is 15.9 Å². The van der Waals surface area contributed by atoms with Crippen molar-refractivity contribution in [3.63, 3.8) is 0 Å². The minimum absolute atomic E-state index is 0.736. The fourth-order valence-electron chi connectivity index (χ4n) is 3.39. The molecule has 0 spiro atoms. The van der Waals surface area contributed by atoms with Crippen LogP contribution in [0, 0.1) is 11.8 Å². The van der Waals surface area contributed by atoms with Gasteiger partial charge in [0.05, 0.1) is 11.0 Å². The highest BCUT2D eigenvalue weighted by Crippen LogP contribution is 2.62. The Labute approximate surface area is 103 Å². The molecule has 16 heavy (non-hydrogen) atoms. The number of fused-ring (bicyclic) bond motifs is 2. The number of benzene rings is 1. The van der Waals surface area contributed by atoms with E-state index in [1.807, 2.05) is 0 Å². The quantitative estimate of drug-likeness (QED) is 0.843. The van der Waals surface area contributed by atoms with Crippen LogP contribution in [0.4, 0.5) is 0 Å². The predicted octanol–water partition coefficient (Wildman–Crippen LogP) is 3.84. The first-order valence-corrected chi connectivity index (χ1v) is 6.77. The molecule has 2 saturated carbocycles. The molecular weight excluding hydrogens is 264 g/mol. The standard InChI is InChI=1S/C13H13BrN2/c14-7-4-5-10-11(6-7)16-13(15-10)12-8-2-1-3-9(8)12/h4-6,8-9,12H,1-3H2,(H,15,16). The molecule has 2 fully saturated rings. The number of aromatic amines is 1. The Kier molecular flexibility index (Phi) is 1.79. The van der Waals surface area contributed by atoms with Crippen molar-refractivity contribution in [2.24, 2.45) is 11.8 Å². The lowest BCUT2D eigenvalue weighted by atomic mass is 10.1. The van der Waals surface area contributed by atoms with Crippen LogP contribution in [0.3, 0.4) is 0 Å². The molecule has 2 aliphatic rings. The Morgan fingerprint density at radius 3 is 2.88 bits per heavy atom. The van der Waals surface area contributed by atoms with Crippen LogP contribution in [0.2, 0.25) is 0 Å². The summed E-state index contributed by atoms with van der Waals surface area (Å²) in [6.45, 7) is 0. The number of hydrogen-bond donors (Lipinski definition) is 1. The van der Waals surface area contributed by atoms with Crippen LogP contribution in [0.15, 0.2) is 22.7 Å². The molecule has 0 amide bonds. The number of nitrogens with one attached hydrogen (secondary N) is 1. The molecule has 1 N–H and O–H groups in total. The fourth-order valence-corrected chi connectivity index (χ4v) is 3.75. The average Bonchev–Trinajstić information content (AvgIpc) is 2.68. The number of imidazole rings is 1. The van der Waals surface area contributed by atoms with Crippen molar-refractivity contribution in [2.75, 3.05) is 0 Å². The summed E-state index contributed by atoms with van der Waals surface area (Å²) >= 11 is 3.50. The Hall–Kier alpha value is -0.830. The van der Waals surface area contributed by atoms with Gasteiger partial charge in [0.1, 0.15) is 5.82 Å². The molecule has 0 radical (unpaired) electrons. The summed E-state index contributed by atoms with van der Waals surface area (Å²) in [6, 6.07) is 6.25. The molecule has 2 atom stereocenters. The lowest BCUT2D eigenvalue weighted by Gasteiger charge is -1.97. The Bertz CT molecular complexity index is 550. The second-order valence-electron chi connectivity index (χ2n) is 5.07. The smallest absolute Gasteiger partial charge is 0.110 e. The third kappa shape index (κ3) is 1.21. The maximum Gasteiger partial charge on any atom is 0.110 e. The van der Waals surface area contributed by atoms with Crippen molar-refractivity contribution < 1.29 is 0 Å². The average molecular weight is 277 g/mol. The van der Waals surface area contributed by atoms with E-state index in [2.05, 4.69) is 39.1 Å². The lowest BCUT2D eigenvalue weighted by Crippen LogP contribution is -1.89. The van der Waals surface area contributed by atoms with Crippen molar-refractivity contribution in [2.45, 2.75) is 25.2 Å². The van der Waals surface area contributed by atoms with Gasteiger partial charge in [-0.1, -0.05) is 22.4 Å². The van der Waals surface area contributed by atoms with E-state index in [4.69, 9.17) is 4.98 Å². The molecule has 82 valence electrons. The summed E-state index contributed by atoms with van der Waals surface area (Å²) in [4.78, 5) is 8.21. The van der Waals surface area contributed by atoms with Crippen molar-refractivity contribution in [3.8, 4) is 0 Å². The van der Waals surface area contributed by atoms with E-state index in [1.54, 1.807) is 0 Å². The number of aromatic nitrogens is 2. The summed E-state index contributed by atoms with van der Waals surface area (Å²) in [5.74, 6) is 3.83. The minimum atomic E-state index is 0.736. The van der Waals surface area contributed by atoms with Gasteiger partial charge >= 0.3 is 0 Å². The summed E-state index contributed by atoms with van der Waals surface area (Å²) in [7, 11) is 0. The summed E-state index contributed by atoms with van der Waals surface area (Å²) in [5.41, 5.74) is 2.26. The highest BCUT2D eigenvalue weighted by Gasteiger charge is 2.54. The maximum absolute atomic E-state index is 4.72. The molecule has 0 saturated heterocycles. The van der Waals surface area contributed by atoms with Gasteiger partial charge in [-0.2, -0.15) is 0 Å². The molecule has 1 aromatic heterocycles. The van der Waals surface area contributed by atoms with Crippen LogP contribution in [0.1, 0.15) is 31.0 Å². The van der Waals surface area contributed by atoms with E-state index >= 15 is 0 Å². The lowest BCUT2D eigenvalue weighted by molar-refractivity contribution is 0.664. The third-order valence-corrected chi connectivity index (χ3v) is 4.68. The van der Waals surface area contributed by atoms with Gasteiger partial charge in [0, 0.05) is 10.4 Å². The minimum Gasteiger partial charge on any atom is -0.342 e. The summed E-state index contributed by atoms with van der Waals surface area (Å²) < 4.78 is 1.12. The molecule has 1 heterocycles. The van der Waals surface area contributed by atoms with Crippen molar-refractivity contribution in [1.82, 2.24) is 9.97 Å². The van der Waals surface area contributed by atoms with E-state index in [0.29, 0.717) is 0 Å². The number of rotatable bonds is 1. The molecule has 1 aromatic carbocycles. The molecule has 4 rings (SSSR count). The van der Waals surface area contributed by atoms with Crippen LogP contribution in [-0.2, 0) is 0 Å². The summed E-state index contributed by atoms with van der Waals surface area (Å²) in [5, 5.41) is 0. The monoisotopic (exact) mass is 276 g/mol. The second kappa shape index (κ2) is 3.10. The Morgan fingerprint density at radius 2 is 2.06 bits per heavy atom. The Balaban J connectivity index is 1.76. The first-order chi connectivity index (χ1) is 7.83. The zero-order valence-electron chi connectivity index (χ0n) is 8.91. The van der Waals surface area contributed by atoms with E-state index in [-0.39, 0.29) is 0 Å². The van der Waals surface area contributed by atoms with Gasteiger partial charge in [-0.3, -0.25) is 0 Å². The van der Waals surface area contributed by atoms with Gasteiger partial charge in [0.15, 0.2) is 0 Å². The predicted molar refractivity (Wildman–Crippen MR) is 67.4 cm³/mol. The van der Waals surface area contributed by atoms with Crippen LogP contribution in [-0.4, -0.2) is 9.97 Å². The molecule has 2 unspecified atom stereocenters. The number of H-pyrrole nitrogens is 1. The van der Waals surface area contributed by atoms with E-state index in [0.717, 1.165) is 33.3 Å². The first kappa shape index (κ1) is 9.23. The van der Waals surface area contributed by atoms with E-state index < -0.39 is 0 Å². The van der Waals surface area contributed by atoms with Crippen LogP contribution < -0.4 is 0 Å². The third-order valence-electron chi connectivity index (χ3n) is 4.18. The van der Waals surface area contributed by atoms with Gasteiger partial charge in [-0.05, 0) is 42.9 Å². The van der Waals surface area contributed by atoms with Gasteiger partial charge < -0.3 is 4.98 Å². The number of hydrogen-bond acceptors (Lipinski definition) is 1. The van der Waals surface area contributed by atoms with Gasteiger partial charge in [-0.15, -0.1) is 0 Å². The second-order valence-corrected chi connectivity index (χ2v) is 5.98. The molecule has 2 aromatic rings. The van der Waals surface area contributed by atoms with Crippen molar-refractivity contribution in [1.29, 1.82) is 0 Å². The topological polar surface area (TPSA) is 28.7 Å². The molecule has 2 aliphatic carbocycles. The zero-order chi connectivity index (χ0) is 10.7. The van der Waals surface area contributed by atoms with E-state index in [9.17, 15) is 0 Å². The Morgan fingerprint density at radius 1 is 1.25 bits per heavy atom. The van der Waals surface area contributed by atoms with Gasteiger partial charge in [0.25, 0.3) is 0 Å². The van der Waals surface area contributed by atoms with Gasteiger partial charge in [0.2, 0.25) is 0 Å². The molecular formula is C13H13BrN2. The number of nitrogens with zero attached hydrogens (tertiary/aromatic N) is 1. The highest BCUT2D eigenvalue weighted by molar-refractivity contribution is 9.10.